The van der Waals surface area contributed by atoms with Gasteiger partial charge in [0.25, 0.3) is 0 Å². The van der Waals surface area contributed by atoms with Crippen LogP contribution in [-0.4, -0.2) is 43.3 Å². The summed E-state index contributed by atoms with van der Waals surface area (Å²) >= 11 is 0. The SMILES string of the molecule is Cc1ccc(S(=O)(=O)C(CN=C(N)N)C[C@H](N)C(=O)O)cc1. The Bertz CT molecular complexity index is 651. The molecule has 8 nitrogen and oxygen atoms in total. The van der Waals surface area contributed by atoms with Crippen LogP contribution in [0, 0.1) is 6.92 Å². The highest BCUT2D eigenvalue weighted by Crippen LogP contribution is 2.20. The summed E-state index contributed by atoms with van der Waals surface area (Å²) in [5.41, 5.74) is 16.8. The van der Waals surface area contributed by atoms with E-state index in [2.05, 4.69) is 4.99 Å². The molecule has 0 amide bonds. The van der Waals surface area contributed by atoms with E-state index in [4.69, 9.17) is 22.3 Å². The first-order valence-electron chi connectivity index (χ1n) is 6.49. The summed E-state index contributed by atoms with van der Waals surface area (Å²) in [7, 11) is -3.80. The number of nitrogens with two attached hydrogens (primary N) is 3. The van der Waals surface area contributed by atoms with Crippen LogP contribution in [0.5, 0.6) is 0 Å². The topological polar surface area (TPSA) is 162 Å². The zero-order valence-corrected chi connectivity index (χ0v) is 13.0. The van der Waals surface area contributed by atoms with Crippen molar-refractivity contribution in [3.05, 3.63) is 29.8 Å². The Hall–Kier alpha value is -2.13. The lowest BCUT2D eigenvalue weighted by Gasteiger charge is -2.18. The molecule has 0 spiro atoms. The molecule has 0 bridgehead atoms. The molecular weight excluding hydrogens is 308 g/mol. The average Bonchev–Trinajstić information content (AvgIpc) is 2.43. The monoisotopic (exact) mass is 328 g/mol. The van der Waals surface area contributed by atoms with Gasteiger partial charge in [0, 0.05) is 0 Å². The summed E-state index contributed by atoms with van der Waals surface area (Å²) in [6.45, 7) is 1.58. The molecule has 1 rings (SSSR count). The van der Waals surface area contributed by atoms with Crippen LogP contribution in [0.3, 0.4) is 0 Å². The van der Waals surface area contributed by atoms with E-state index < -0.39 is 27.1 Å². The molecule has 1 aromatic rings. The third-order valence-electron chi connectivity index (χ3n) is 3.10. The van der Waals surface area contributed by atoms with Crippen molar-refractivity contribution in [1.82, 2.24) is 0 Å². The quantitative estimate of drug-likeness (QED) is 0.376. The Balaban J connectivity index is 3.14. The Morgan fingerprint density at radius 3 is 2.27 bits per heavy atom. The van der Waals surface area contributed by atoms with E-state index in [1.165, 1.54) is 12.1 Å². The fraction of sp³-hybridized carbons (Fsp3) is 0.385. The standard InChI is InChI=1S/C13H20N4O4S/c1-8-2-4-9(5-3-8)22(20,21)10(7-17-13(15)16)6-11(14)12(18)19/h2-5,10-11H,6-7,14H2,1H3,(H,18,19)(H4,15,16,17)/t10?,11-/m0/s1. The smallest absolute Gasteiger partial charge is 0.320 e. The number of rotatable bonds is 7. The molecular formula is C13H20N4O4S. The highest BCUT2D eigenvalue weighted by Gasteiger charge is 2.31. The third kappa shape index (κ3) is 4.71. The first-order chi connectivity index (χ1) is 10.1. The highest BCUT2D eigenvalue weighted by molar-refractivity contribution is 7.92. The van der Waals surface area contributed by atoms with E-state index in [0.29, 0.717) is 0 Å². The van der Waals surface area contributed by atoms with Crippen LogP contribution in [0.4, 0.5) is 0 Å². The van der Waals surface area contributed by atoms with Gasteiger partial charge in [0.05, 0.1) is 16.7 Å². The first kappa shape index (κ1) is 17.9. The van der Waals surface area contributed by atoms with Gasteiger partial charge >= 0.3 is 5.97 Å². The summed E-state index contributed by atoms with van der Waals surface area (Å²) < 4.78 is 25.2. The van der Waals surface area contributed by atoms with Gasteiger partial charge in [-0.05, 0) is 25.5 Å². The van der Waals surface area contributed by atoms with Gasteiger partial charge in [0.15, 0.2) is 15.8 Å². The molecule has 1 aromatic carbocycles. The summed E-state index contributed by atoms with van der Waals surface area (Å²) in [5, 5.41) is 7.75. The number of guanidine groups is 1. The third-order valence-corrected chi connectivity index (χ3v) is 5.25. The number of sulfone groups is 1. The zero-order chi connectivity index (χ0) is 16.9. The molecule has 22 heavy (non-hydrogen) atoms. The van der Waals surface area contributed by atoms with Gasteiger partial charge < -0.3 is 22.3 Å². The van der Waals surface area contributed by atoms with Gasteiger partial charge in [-0.2, -0.15) is 0 Å². The van der Waals surface area contributed by atoms with Crippen LogP contribution >= 0.6 is 0 Å². The summed E-state index contributed by atoms with van der Waals surface area (Å²) in [5.74, 6) is -1.55. The van der Waals surface area contributed by atoms with Crippen molar-refractivity contribution in [1.29, 1.82) is 0 Å². The number of aryl methyl sites for hydroxylation is 1. The number of hydrogen-bond donors (Lipinski definition) is 4. The Labute approximate surface area is 128 Å². The van der Waals surface area contributed by atoms with Crippen LogP contribution in [0.25, 0.3) is 0 Å². The number of carbonyl (C=O) groups is 1. The molecule has 0 aliphatic carbocycles. The second-order valence-electron chi connectivity index (χ2n) is 4.93. The van der Waals surface area contributed by atoms with Crippen LogP contribution < -0.4 is 17.2 Å². The average molecular weight is 328 g/mol. The Kier molecular flexibility index (Phi) is 5.89. The number of hydrogen-bond acceptors (Lipinski definition) is 5. The minimum absolute atomic E-state index is 0.0754. The molecule has 0 aliphatic heterocycles. The van der Waals surface area contributed by atoms with Gasteiger partial charge in [-0.25, -0.2) is 8.42 Å². The molecule has 0 heterocycles. The highest BCUT2D eigenvalue weighted by atomic mass is 32.2. The maximum Gasteiger partial charge on any atom is 0.320 e. The Morgan fingerprint density at radius 2 is 1.82 bits per heavy atom. The largest absolute Gasteiger partial charge is 0.480 e. The number of benzene rings is 1. The number of carboxylic acid groups (broad SMARTS) is 1. The molecule has 0 fully saturated rings. The number of aliphatic imine (C=N–C) groups is 1. The van der Waals surface area contributed by atoms with Gasteiger partial charge in [0.1, 0.15) is 6.04 Å². The molecule has 9 heteroatoms. The van der Waals surface area contributed by atoms with Crippen LogP contribution in [0.15, 0.2) is 34.2 Å². The predicted molar refractivity (Wildman–Crippen MR) is 83.1 cm³/mol. The molecule has 7 N–H and O–H groups in total. The molecule has 122 valence electrons. The van der Waals surface area contributed by atoms with E-state index in [9.17, 15) is 13.2 Å². The minimum Gasteiger partial charge on any atom is -0.480 e. The first-order valence-corrected chi connectivity index (χ1v) is 8.03. The normalized spacial score (nSPS) is 14.1. The van der Waals surface area contributed by atoms with Gasteiger partial charge in [-0.1, -0.05) is 17.7 Å². The van der Waals surface area contributed by atoms with E-state index in [-0.39, 0.29) is 23.8 Å². The number of aliphatic carboxylic acids is 1. The van der Waals surface area contributed by atoms with E-state index in [0.717, 1.165) is 5.56 Å². The fourth-order valence-electron chi connectivity index (χ4n) is 1.81. The molecule has 2 atom stereocenters. The van der Waals surface area contributed by atoms with Gasteiger partial charge in [-0.15, -0.1) is 0 Å². The number of nitrogens with zero attached hydrogens (tertiary/aromatic N) is 1. The molecule has 0 saturated carbocycles. The summed E-state index contributed by atoms with van der Waals surface area (Å²) in [6.07, 6.45) is -0.289. The van der Waals surface area contributed by atoms with Crippen molar-refractivity contribution < 1.29 is 18.3 Å². The lowest BCUT2D eigenvalue weighted by Crippen LogP contribution is -2.39. The van der Waals surface area contributed by atoms with E-state index in [1.807, 2.05) is 6.92 Å². The maximum absolute atomic E-state index is 12.6. The second-order valence-corrected chi connectivity index (χ2v) is 7.15. The Morgan fingerprint density at radius 1 is 1.27 bits per heavy atom. The lowest BCUT2D eigenvalue weighted by atomic mass is 10.1. The van der Waals surface area contributed by atoms with Crippen molar-refractivity contribution in [2.24, 2.45) is 22.2 Å². The van der Waals surface area contributed by atoms with Crippen molar-refractivity contribution in [3.8, 4) is 0 Å². The van der Waals surface area contributed by atoms with Gasteiger partial charge in [0.2, 0.25) is 0 Å². The van der Waals surface area contributed by atoms with Crippen molar-refractivity contribution in [3.63, 3.8) is 0 Å². The fourth-order valence-corrected chi connectivity index (χ4v) is 3.44. The number of carboxylic acids is 1. The molecule has 0 aliphatic rings. The predicted octanol–water partition coefficient (Wildman–Crippen LogP) is -0.787. The summed E-state index contributed by atoms with van der Waals surface area (Å²) in [4.78, 5) is 14.6. The zero-order valence-electron chi connectivity index (χ0n) is 12.1. The van der Waals surface area contributed by atoms with Crippen LogP contribution in [0.1, 0.15) is 12.0 Å². The minimum atomic E-state index is -3.80. The lowest BCUT2D eigenvalue weighted by molar-refractivity contribution is -0.138. The molecule has 0 saturated heterocycles. The molecule has 1 unspecified atom stereocenters. The van der Waals surface area contributed by atoms with Crippen molar-refractivity contribution in [2.45, 2.75) is 29.5 Å². The molecule has 0 aromatic heterocycles. The van der Waals surface area contributed by atoms with Crippen molar-refractivity contribution in [2.75, 3.05) is 6.54 Å². The molecule has 0 radical (unpaired) electrons. The summed E-state index contributed by atoms with van der Waals surface area (Å²) in [6, 6.07) is 4.90. The van der Waals surface area contributed by atoms with Crippen molar-refractivity contribution >= 4 is 21.8 Å². The van der Waals surface area contributed by atoms with E-state index >= 15 is 0 Å². The van der Waals surface area contributed by atoms with Crippen LogP contribution in [-0.2, 0) is 14.6 Å². The maximum atomic E-state index is 12.6. The second kappa shape index (κ2) is 7.23. The van der Waals surface area contributed by atoms with Gasteiger partial charge in [-0.3, -0.25) is 9.79 Å². The van der Waals surface area contributed by atoms with Crippen LogP contribution in [0.2, 0.25) is 0 Å². The van der Waals surface area contributed by atoms with E-state index in [1.54, 1.807) is 12.1 Å².